The number of carbonyl (C=O) groups is 1. The van der Waals surface area contributed by atoms with E-state index in [-0.39, 0.29) is 24.1 Å². The first-order chi connectivity index (χ1) is 9.04. The van der Waals surface area contributed by atoms with E-state index in [1.807, 2.05) is 14.1 Å². The standard InChI is InChI=1S/C14H19FN2O2/c1-16(2)10-5-6-12(13(15)8-10)14(19)17-7-3-4-11(17)9-18/h5-6,8,11,18H,3-4,7,9H2,1-2H3/t11-/m1/s1. The van der Waals surface area contributed by atoms with Crippen LogP contribution in [0, 0.1) is 5.82 Å². The van der Waals surface area contributed by atoms with Crippen LogP contribution in [0.4, 0.5) is 10.1 Å². The van der Waals surface area contributed by atoms with Crippen molar-refractivity contribution in [1.29, 1.82) is 0 Å². The molecule has 4 nitrogen and oxygen atoms in total. The van der Waals surface area contributed by atoms with E-state index in [0.29, 0.717) is 12.2 Å². The fourth-order valence-corrected chi connectivity index (χ4v) is 2.40. The highest BCUT2D eigenvalue weighted by Crippen LogP contribution is 2.23. The topological polar surface area (TPSA) is 43.8 Å². The van der Waals surface area contributed by atoms with E-state index in [9.17, 15) is 14.3 Å². The molecule has 1 heterocycles. The van der Waals surface area contributed by atoms with Gasteiger partial charge in [-0.3, -0.25) is 4.79 Å². The third kappa shape index (κ3) is 2.71. The molecule has 1 aromatic rings. The van der Waals surface area contributed by atoms with E-state index in [1.165, 1.54) is 12.1 Å². The lowest BCUT2D eigenvalue weighted by Crippen LogP contribution is -2.38. The minimum absolute atomic E-state index is 0.0663. The van der Waals surface area contributed by atoms with Gasteiger partial charge >= 0.3 is 0 Å². The second-order valence-corrected chi connectivity index (χ2v) is 5.04. The van der Waals surface area contributed by atoms with Crippen LogP contribution in [0.25, 0.3) is 0 Å². The smallest absolute Gasteiger partial charge is 0.257 e. The predicted octanol–water partition coefficient (Wildman–Crippen LogP) is 1.49. The molecule has 2 rings (SSSR count). The zero-order valence-electron chi connectivity index (χ0n) is 11.3. The third-order valence-electron chi connectivity index (χ3n) is 3.55. The molecular formula is C14H19FN2O2. The normalized spacial score (nSPS) is 18.7. The Labute approximate surface area is 112 Å². The van der Waals surface area contributed by atoms with Crippen LogP contribution in [-0.4, -0.2) is 49.2 Å². The molecule has 1 saturated heterocycles. The molecule has 0 bridgehead atoms. The average Bonchev–Trinajstić information content (AvgIpc) is 2.85. The summed E-state index contributed by atoms with van der Waals surface area (Å²) in [4.78, 5) is 15.6. The summed E-state index contributed by atoms with van der Waals surface area (Å²) < 4.78 is 14.0. The number of amides is 1. The van der Waals surface area contributed by atoms with Gasteiger partial charge in [-0.25, -0.2) is 4.39 Å². The summed E-state index contributed by atoms with van der Waals surface area (Å²) in [6.45, 7) is 0.516. The van der Waals surface area contributed by atoms with Gasteiger partial charge in [0.1, 0.15) is 5.82 Å². The van der Waals surface area contributed by atoms with E-state index in [1.54, 1.807) is 15.9 Å². The molecule has 1 N–H and O–H groups in total. The van der Waals surface area contributed by atoms with Crippen LogP contribution in [0.2, 0.25) is 0 Å². The molecular weight excluding hydrogens is 247 g/mol. The molecule has 1 aromatic carbocycles. The third-order valence-corrected chi connectivity index (χ3v) is 3.55. The maximum Gasteiger partial charge on any atom is 0.257 e. The number of rotatable bonds is 3. The Morgan fingerprint density at radius 2 is 2.26 bits per heavy atom. The van der Waals surface area contributed by atoms with Crippen molar-refractivity contribution >= 4 is 11.6 Å². The van der Waals surface area contributed by atoms with Crippen molar-refractivity contribution in [2.45, 2.75) is 18.9 Å². The molecule has 104 valence electrons. The molecule has 1 aliphatic heterocycles. The quantitative estimate of drug-likeness (QED) is 0.901. The number of hydrogen-bond acceptors (Lipinski definition) is 3. The average molecular weight is 266 g/mol. The first-order valence-corrected chi connectivity index (χ1v) is 6.43. The molecule has 0 aromatic heterocycles. The number of nitrogens with zero attached hydrogens (tertiary/aromatic N) is 2. The fraction of sp³-hybridized carbons (Fsp3) is 0.500. The largest absolute Gasteiger partial charge is 0.394 e. The Bertz CT molecular complexity index is 477. The first kappa shape index (κ1) is 13.8. The monoisotopic (exact) mass is 266 g/mol. The molecule has 0 spiro atoms. The molecule has 0 aliphatic carbocycles. The summed E-state index contributed by atoms with van der Waals surface area (Å²) in [5.74, 6) is -0.848. The molecule has 0 radical (unpaired) electrons. The molecule has 1 atom stereocenters. The van der Waals surface area contributed by atoms with Crippen LogP contribution in [-0.2, 0) is 0 Å². The van der Waals surface area contributed by atoms with Crippen molar-refractivity contribution in [3.8, 4) is 0 Å². The number of benzene rings is 1. The van der Waals surface area contributed by atoms with Gasteiger partial charge in [-0.05, 0) is 31.0 Å². The van der Waals surface area contributed by atoms with Gasteiger partial charge in [0.25, 0.3) is 5.91 Å². The zero-order valence-corrected chi connectivity index (χ0v) is 11.3. The minimum Gasteiger partial charge on any atom is -0.394 e. The van der Waals surface area contributed by atoms with Gasteiger partial charge in [-0.15, -0.1) is 0 Å². The molecule has 0 saturated carbocycles. The van der Waals surface area contributed by atoms with Crippen LogP contribution in [0.15, 0.2) is 18.2 Å². The van der Waals surface area contributed by atoms with Crippen molar-refractivity contribution in [1.82, 2.24) is 4.90 Å². The fourth-order valence-electron chi connectivity index (χ4n) is 2.40. The summed E-state index contributed by atoms with van der Waals surface area (Å²) >= 11 is 0. The highest BCUT2D eigenvalue weighted by molar-refractivity contribution is 5.95. The number of aliphatic hydroxyl groups excluding tert-OH is 1. The maximum atomic E-state index is 14.0. The van der Waals surface area contributed by atoms with Crippen LogP contribution in [0.1, 0.15) is 23.2 Å². The highest BCUT2D eigenvalue weighted by atomic mass is 19.1. The van der Waals surface area contributed by atoms with Crippen molar-refractivity contribution in [3.63, 3.8) is 0 Å². The second kappa shape index (κ2) is 5.57. The second-order valence-electron chi connectivity index (χ2n) is 5.04. The van der Waals surface area contributed by atoms with Crippen molar-refractivity contribution in [3.05, 3.63) is 29.6 Å². The molecule has 0 unspecified atom stereocenters. The number of halogens is 1. The SMILES string of the molecule is CN(C)c1ccc(C(=O)N2CCC[C@@H]2CO)c(F)c1. The van der Waals surface area contributed by atoms with Crippen LogP contribution < -0.4 is 4.90 Å². The van der Waals surface area contributed by atoms with Gasteiger partial charge in [-0.1, -0.05) is 0 Å². The molecule has 1 fully saturated rings. The summed E-state index contributed by atoms with van der Waals surface area (Å²) in [7, 11) is 3.64. The molecule has 1 aliphatic rings. The Morgan fingerprint density at radius 3 is 2.84 bits per heavy atom. The Morgan fingerprint density at radius 1 is 1.53 bits per heavy atom. The molecule has 1 amide bonds. The first-order valence-electron chi connectivity index (χ1n) is 6.43. The Hall–Kier alpha value is -1.62. The number of anilines is 1. The van der Waals surface area contributed by atoms with E-state index in [2.05, 4.69) is 0 Å². The van der Waals surface area contributed by atoms with Crippen molar-refractivity contribution < 1.29 is 14.3 Å². The number of hydrogen-bond donors (Lipinski definition) is 1. The minimum atomic E-state index is -0.514. The van der Waals surface area contributed by atoms with Crippen LogP contribution in [0.3, 0.4) is 0 Å². The molecule has 5 heteroatoms. The summed E-state index contributed by atoms with van der Waals surface area (Å²) in [6.07, 6.45) is 1.63. The lowest BCUT2D eigenvalue weighted by Gasteiger charge is -2.23. The van der Waals surface area contributed by atoms with Crippen molar-refractivity contribution in [2.75, 3.05) is 32.1 Å². The lowest BCUT2D eigenvalue weighted by atomic mass is 10.1. The molecule has 19 heavy (non-hydrogen) atoms. The predicted molar refractivity (Wildman–Crippen MR) is 71.9 cm³/mol. The van der Waals surface area contributed by atoms with Crippen LogP contribution in [0.5, 0.6) is 0 Å². The van der Waals surface area contributed by atoms with Gasteiger partial charge in [0.05, 0.1) is 18.2 Å². The summed E-state index contributed by atoms with van der Waals surface area (Å²) in [6, 6.07) is 4.41. The zero-order chi connectivity index (χ0) is 14.0. The summed E-state index contributed by atoms with van der Waals surface area (Å²) in [5.41, 5.74) is 0.792. The highest BCUT2D eigenvalue weighted by Gasteiger charge is 2.30. The van der Waals surface area contributed by atoms with Gasteiger partial charge in [0, 0.05) is 26.3 Å². The van der Waals surface area contributed by atoms with Gasteiger partial charge in [-0.2, -0.15) is 0 Å². The van der Waals surface area contributed by atoms with E-state index < -0.39 is 5.82 Å². The maximum absolute atomic E-state index is 14.0. The number of aliphatic hydroxyl groups is 1. The summed E-state index contributed by atoms with van der Waals surface area (Å²) in [5, 5.41) is 9.22. The van der Waals surface area contributed by atoms with E-state index in [4.69, 9.17) is 0 Å². The van der Waals surface area contributed by atoms with E-state index in [0.717, 1.165) is 12.8 Å². The van der Waals surface area contributed by atoms with Gasteiger partial charge in [0.2, 0.25) is 0 Å². The van der Waals surface area contributed by atoms with Gasteiger partial charge in [0.15, 0.2) is 0 Å². The lowest BCUT2D eigenvalue weighted by molar-refractivity contribution is 0.0673. The van der Waals surface area contributed by atoms with E-state index >= 15 is 0 Å². The Balaban J connectivity index is 2.24. The van der Waals surface area contributed by atoms with Crippen molar-refractivity contribution in [2.24, 2.45) is 0 Å². The van der Waals surface area contributed by atoms with Crippen LogP contribution >= 0.6 is 0 Å². The Kier molecular flexibility index (Phi) is 4.04. The number of carbonyl (C=O) groups excluding carboxylic acids is 1. The number of likely N-dealkylation sites (tertiary alicyclic amines) is 1. The van der Waals surface area contributed by atoms with Gasteiger partial charge < -0.3 is 14.9 Å².